The van der Waals surface area contributed by atoms with E-state index in [9.17, 15) is 9.59 Å². The number of aryl methyl sites for hydroxylation is 1. The summed E-state index contributed by atoms with van der Waals surface area (Å²) in [6.45, 7) is 2.38. The Balaban J connectivity index is 1.87. The van der Waals surface area contributed by atoms with Crippen LogP contribution in [0.2, 0.25) is 10.0 Å². The zero-order valence-electron chi connectivity index (χ0n) is 14.0. The highest BCUT2D eigenvalue weighted by molar-refractivity contribution is 6.44. The Kier molecular flexibility index (Phi) is 5.45. The smallest absolute Gasteiger partial charge is 0.257 e. The summed E-state index contributed by atoms with van der Waals surface area (Å²) >= 11 is 12.1. The molecule has 1 N–H and O–H groups in total. The number of rotatable bonds is 4. The number of hydrogen-bond donors (Lipinski definition) is 1. The van der Waals surface area contributed by atoms with Gasteiger partial charge >= 0.3 is 0 Å². The van der Waals surface area contributed by atoms with Crippen LogP contribution in [0, 0.1) is 6.92 Å². The van der Waals surface area contributed by atoms with Gasteiger partial charge in [-0.15, -0.1) is 0 Å². The molecule has 0 unspecified atom stereocenters. The molecule has 0 saturated carbocycles. The highest BCUT2D eigenvalue weighted by atomic mass is 35.5. The van der Waals surface area contributed by atoms with Gasteiger partial charge in [0.2, 0.25) is 0 Å². The standard InChI is InChI=1S/C20H16Cl2N2O2/c1-13-5-2-3-6-14(13)11-24-12-15(9-10-18(24)25)20(26)23-17-8-4-7-16(21)19(17)22/h2-10,12H,11H2,1H3,(H,23,26). The van der Waals surface area contributed by atoms with Crippen molar-refractivity contribution in [2.75, 3.05) is 5.32 Å². The highest BCUT2D eigenvalue weighted by Gasteiger charge is 2.12. The number of nitrogens with zero attached hydrogens (tertiary/aromatic N) is 1. The van der Waals surface area contributed by atoms with Crippen molar-refractivity contribution in [3.8, 4) is 0 Å². The average Bonchev–Trinajstić information content (AvgIpc) is 2.62. The Hall–Kier alpha value is -2.56. The number of hydrogen-bond acceptors (Lipinski definition) is 2. The molecule has 1 amide bonds. The van der Waals surface area contributed by atoms with Gasteiger partial charge in [-0.05, 0) is 36.2 Å². The van der Waals surface area contributed by atoms with Crippen LogP contribution in [-0.2, 0) is 6.54 Å². The summed E-state index contributed by atoms with van der Waals surface area (Å²) < 4.78 is 1.51. The maximum absolute atomic E-state index is 12.5. The van der Waals surface area contributed by atoms with Gasteiger partial charge in [0, 0.05) is 12.3 Å². The zero-order valence-corrected chi connectivity index (χ0v) is 15.5. The first-order chi connectivity index (χ1) is 12.5. The summed E-state index contributed by atoms with van der Waals surface area (Å²) in [6.07, 6.45) is 1.54. The Morgan fingerprint density at radius 2 is 1.81 bits per heavy atom. The Morgan fingerprint density at radius 1 is 1.04 bits per heavy atom. The van der Waals surface area contributed by atoms with E-state index in [1.807, 2.05) is 31.2 Å². The van der Waals surface area contributed by atoms with Crippen molar-refractivity contribution < 1.29 is 4.79 Å². The molecule has 2 aromatic carbocycles. The van der Waals surface area contributed by atoms with Crippen molar-refractivity contribution in [1.82, 2.24) is 4.57 Å². The van der Waals surface area contributed by atoms with Crippen LogP contribution in [0.25, 0.3) is 0 Å². The van der Waals surface area contributed by atoms with E-state index in [0.717, 1.165) is 11.1 Å². The summed E-state index contributed by atoms with van der Waals surface area (Å²) in [4.78, 5) is 24.7. The molecule has 3 rings (SSSR count). The summed E-state index contributed by atoms with van der Waals surface area (Å²) in [5, 5.41) is 3.35. The molecule has 0 fully saturated rings. The van der Waals surface area contributed by atoms with E-state index >= 15 is 0 Å². The molecule has 132 valence electrons. The molecule has 0 aliphatic carbocycles. The predicted molar refractivity (Wildman–Crippen MR) is 105 cm³/mol. The first-order valence-electron chi connectivity index (χ1n) is 7.96. The quantitative estimate of drug-likeness (QED) is 0.702. The minimum Gasteiger partial charge on any atom is -0.321 e. The molecular formula is C20H16Cl2N2O2. The van der Waals surface area contributed by atoms with Gasteiger partial charge in [0.25, 0.3) is 11.5 Å². The van der Waals surface area contributed by atoms with Crippen molar-refractivity contribution in [1.29, 1.82) is 0 Å². The maximum Gasteiger partial charge on any atom is 0.257 e. The second-order valence-corrected chi connectivity index (χ2v) is 6.65. The topological polar surface area (TPSA) is 51.1 Å². The van der Waals surface area contributed by atoms with Crippen LogP contribution in [0.5, 0.6) is 0 Å². The van der Waals surface area contributed by atoms with Crippen molar-refractivity contribution in [3.05, 3.63) is 97.9 Å². The molecule has 0 aliphatic heterocycles. The zero-order chi connectivity index (χ0) is 18.7. The third-order valence-corrected chi connectivity index (χ3v) is 4.87. The molecule has 0 aliphatic rings. The molecule has 0 radical (unpaired) electrons. The van der Waals surface area contributed by atoms with Crippen LogP contribution < -0.4 is 10.9 Å². The number of carbonyl (C=O) groups excluding carboxylic acids is 1. The average molecular weight is 387 g/mol. The first-order valence-corrected chi connectivity index (χ1v) is 8.71. The molecule has 1 heterocycles. The molecule has 0 spiro atoms. The second kappa shape index (κ2) is 7.77. The lowest BCUT2D eigenvalue weighted by Gasteiger charge is -2.11. The fourth-order valence-electron chi connectivity index (χ4n) is 2.56. The molecule has 6 heteroatoms. The lowest BCUT2D eigenvalue weighted by molar-refractivity contribution is 0.102. The van der Waals surface area contributed by atoms with Crippen LogP contribution in [0.1, 0.15) is 21.5 Å². The minimum atomic E-state index is -0.368. The van der Waals surface area contributed by atoms with Crippen LogP contribution in [-0.4, -0.2) is 10.5 Å². The van der Waals surface area contributed by atoms with Crippen molar-refractivity contribution in [2.24, 2.45) is 0 Å². The van der Waals surface area contributed by atoms with Gasteiger partial charge < -0.3 is 9.88 Å². The van der Waals surface area contributed by atoms with E-state index < -0.39 is 0 Å². The molecule has 26 heavy (non-hydrogen) atoms. The van der Waals surface area contributed by atoms with Crippen molar-refractivity contribution in [2.45, 2.75) is 13.5 Å². The van der Waals surface area contributed by atoms with Crippen LogP contribution in [0.3, 0.4) is 0 Å². The number of halogens is 2. The van der Waals surface area contributed by atoms with Gasteiger partial charge in [-0.25, -0.2) is 0 Å². The highest BCUT2D eigenvalue weighted by Crippen LogP contribution is 2.29. The van der Waals surface area contributed by atoms with E-state index in [-0.39, 0.29) is 16.5 Å². The Morgan fingerprint density at radius 3 is 2.58 bits per heavy atom. The minimum absolute atomic E-state index is 0.175. The first kappa shape index (κ1) is 18.2. The Bertz CT molecular complexity index is 1030. The fraction of sp³-hybridized carbons (Fsp3) is 0.100. The SMILES string of the molecule is Cc1ccccc1Cn1cc(C(=O)Nc2cccc(Cl)c2Cl)ccc1=O. The number of anilines is 1. The number of nitrogens with one attached hydrogen (secondary N) is 1. The van der Waals surface area contributed by atoms with Gasteiger partial charge in [-0.1, -0.05) is 53.5 Å². The van der Waals surface area contributed by atoms with Gasteiger partial charge in [0.1, 0.15) is 0 Å². The molecule has 0 bridgehead atoms. The molecule has 0 atom stereocenters. The molecule has 0 saturated heterocycles. The van der Waals surface area contributed by atoms with E-state index in [4.69, 9.17) is 23.2 Å². The molecular weight excluding hydrogens is 371 g/mol. The van der Waals surface area contributed by atoms with Crippen molar-refractivity contribution >= 4 is 34.8 Å². The number of amides is 1. The molecule has 1 aromatic heterocycles. The van der Waals surface area contributed by atoms with E-state index in [2.05, 4.69) is 5.32 Å². The van der Waals surface area contributed by atoms with Crippen LogP contribution >= 0.6 is 23.2 Å². The van der Waals surface area contributed by atoms with Crippen molar-refractivity contribution in [3.63, 3.8) is 0 Å². The van der Waals surface area contributed by atoms with Gasteiger partial charge in [-0.3, -0.25) is 9.59 Å². The van der Waals surface area contributed by atoms with Gasteiger partial charge in [0.15, 0.2) is 0 Å². The molecule has 3 aromatic rings. The number of benzene rings is 2. The number of carbonyl (C=O) groups is 1. The Labute approximate surface area is 161 Å². The summed E-state index contributed by atoms with van der Waals surface area (Å²) in [5.74, 6) is -0.368. The van der Waals surface area contributed by atoms with E-state index in [0.29, 0.717) is 22.8 Å². The third kappa shape index (κ3) is 3.98. The van der Waals surface area contributed by atoms with Crippen LogP contribution in [0.4, 0.5) is 5.69 Å². The monoisotopic (exact) mass is 386 g/mol. The third-order valence-electron chi connectivity index (χ3n) is 4.05. The predicted octanol–water partition coefficient (Wildman–Crippen LogP) is 4.76. The van der Waals surface area contributed by atoms with E-state index in [1.165, 1.54) is 16.7 Å². The summed E-state index contributed by atoms with van der Waals surface area (Å²) in [5.41, 5.74) is 2.70. The lowest BCUT2D eigenvalue weighted by Crippen LogP contribution is -2.23. The lowest BCUT2D eigenvalue weighted by atomic mass is 10.1. The fourth-order valence-corrected chi connectivity index (χ4v) is 2.90. The largest absolute Gasteiger partial charge is 0.321 e. The number of aromatic nitrogens is 1. The maximum atomic E-state index is 12.5. The summed E-state index contributed by atoms with van der Waals surface area (Å²) in [7, 11) is 0. The molecule has 4 nitrogen and oxygen atoms in total. The summed E-state index contributed by atoms with van der Waals surface area (Å²) in [6, 6.07) is 15.7. The number of pyridine rings is 1. The van der Waals surface area contributed by atoms with Crippen LogP contribution in [0.15, 0.2) is 65.6 Å². The van der Waals surface area contributed by atoms with Gasteiger partial charge in [-0.2, -0.15) is 0 Å². The van der Waals surface area contributed by atoms with Gasteiger partial charge in [0.05, 0.1) is 27.8 Å². The normalized spacial score (nSPS) is 10.6. The van der Waals surface area contributed by atoms with E-state index in [1.54, 1.807) is 24.4 Å². The second-order valence-electron chi connectivity index (χ2n) is 5.87.